The number of carbonyl (C=O) groups excluding carboxylic acids is 3. The van der Waals surface area contributed by atoms with Gasteiger partial charge < -0.3 is 25.6 Å². The number of amides is 1. The molecule has 0 spiro atoms. The number of methoxy groups -OCH3 is 1. The first-order valence-corrected chi connectivity index (χ1v) is 9.41. The highest BCUT2D eigenvalue weighted by molar-refractivity contribution is 6.25. The molecule has 0 radical (unpaired) electrons. The highest BCUT2D eigenvalue weighted by Gasteiger charge is 2.25. The summed E-state index contributed by atoms with van der Waals surface area (Å²) in [7, 11) is 1.38. The van der Waals surface area contributed by atoms with Gasteiger partial charge in [-0.25, -0.2) is 4.79 Å². The first-order chi connectivity index (χ1) is 13.0. The Morgan fingerprint density at radius 2 is 1.96 bits per heavy atom. The van der Waals surface area contributed by atoms with E-state index in [1.54, 1.807) is 6.92 Å². The smallest absolute Gasteiger partial charge is 0.328 e. The van der Waals surface area contributed by atoms with Gasteiger partial charge in [0.2, 0.25) is 11.7 Å². The number of hydrogen-bond acceptors (Lipinski definition) is 6. The van der Waals surface area contributed by atoms with Crippen LogP contribution < -0.4 is 10.6 Å². The van der Waals surface area contributed by atoms with Crippen LogP contribution in [-0.4, -0.2) is 67.1 Å². The lowest BCUT2D eigenvalue weighted by Crippen LogP contribution is -2.46. The zero-order valence-corrected chi connectivity index (χ0v) is 16.1. The minimum absolute atomic E-state index is 0.0436. The Labute approximate surface area is 159 Å². The van der Waals surface area contributed by atoms with Crippen LogP contribution >= 0.6 is 0 Å². The van der Waals surface area contributed by atoms with Crippen LogP contribution in [0.5, 0.6) is 0 Å². The van der Waals surface area contributed by atoms with Crippen LogP contribution in [0.1, 0.15) is 51.9 Å². The van der Waals surface area contributed by atoms with E-state index in [4.69, 9.17) is 15.0 Å². The van der Waals surface area contributed by atoms with Gasteiger partial charge in [-0.2, -0.15) is 4.79 Å². The molecule has 0 aromatic heterocycles. The van der Waals surface area contributed by atoms with Crippen molar-refractivity contribution in [2.75, 3.05) is 20.3 Å². The molecule has 27 heavy (non-hydrogen) atoms. The van der Waals surface area contributed by atoms with E-state index < -0.39 is 29.8 Å². The summed E-state index contributed by atoms with van der Waals surface area (Å²) in [5, 5.41) is 5.90. The highest BCUT2D eigenvalue weighted by Crippen LogP contribution is 2.17. The lowest BCUT2D eigenvalue weighted by molar-refractivity contribution is -0.149. The minimum Gasteiger partial charge on any atom is -0.463 e. The lowest BCUT2D eigenvalue weighted by atomic mass is 9.96. The van der Waals surface area contributed by atoms with Gasteiger partial charge >= 0.3 is 12.2 Å². The number of esters is 1. The Balaban J connectivity index is 2.47. The van der Waals surface area contributed by atoms with Gasteiger partial charge in [-0.1, -0.05) is 19.3 Å². The summed E-state index contributed by atoms with van der Waals surface area (Å²) >= 11 is 0. The maximum absolute atomic E-state index is 12.3. The van der Waals surface area contributed by atoms with Gasteiger partial charge in [-0.05, 0) is 26.2 Å². The van der Waals surface area contributed by atoms with Gasteiger partial charge in [0, 0.05) is 26.1 Å². The molecule has 0 bridgehead atoms. The van der Waals surface area contributed by atoms with Crippen molar-refractivity contribution >= 4 is 23.9 Å². The number of hydrogen-bond donors (Lipinski definition) is 2. The summed E-state index contributed by atoms with van der Waals surface area (Å²) in [6.07, 6.45) is 5.98. The molecule has 9 nitrogen and oxygen atoms in total. The van der Waals surface area contributed by atoms with Gasteiger partial charge in [0.25, 0.3) is 0 Å². The van der Waals surface area contributed by atoms with E-state index >= 15 is 0 Å². The normalized spacial score (nSPS) is 16.7. The Morgan fingerprint density at radius 1 is 1.26 bits per heavy atom. The molecule has 1 fully saturated rings. The fourth-order valence-electron chi connectivity index (χ4n) is 2.88. The molecule has 0 saturated heterocycles. The van der Waals surface area contributed by atoms with Gasteiger partial charge in [-0.3, -0.25) is 9.59 Å². The molecule has 0 aliphatic heterocycles. The summed E-state index contributed by atoms with van der Waals surface area (Å²) in [5.41, 5.74) is 8.38. The molecule has 1 saturated carbocycles. The fraction of sp³-hybridized carbons (Fsp3) is 0.778. The van der Waals surface area contributed by atoms with Crippen molar-refractivity contribution in [1.82, 2.24) is 10.6 Å². The van der Waals surface area contributed by atoms with Gasteiger partial charge in [0.1, 0.15) is 18.8 Å². The monoisotopic (exact) mass is 382 g/mol. The molecule has 0 aromatic rings. The maximum atomic E-state index is 12.3. The zero-order chi connectivity index (χ0) is 20.1. The largest absolute Gasteiger partial charge is 0.463 e. The molecule has 152 valence electrons. The number of rotatable bonds is 12. The molecule has 0 heterocycles. The minimum atomic E-state index is -0.971. The SMILES string of the molecule is CO[C@H](C)C(=O)N[C@@H](CCC(=O)C=[N+]=[N-])C(=O)OCCNC1CCCCC1. The van der Waals surface area contributed by atoms with Crippen LogP contribution in [0.15, 0.2) is 0 Å². The third-order valence-corrected chi connectivity index (χ3v) is 4.59. The molecule has 2 N–H and O–H groups in total. The summed E-state index contributed by atoms with van der Waals surface area (Å²) in [4.78, 5) is 38.4. The van der Waals surface area contributed by atoms with E-state index in [1.807, 2.05) is 0 Å². The second-order valence-corrected chi connectivity index (χ2v) is 6.65. The summed E-state index contributed by atoms with van der Waals surface area (Å²) in [5.74, 6) is -1.53. The van der Waals surface area contributed by atoms with Crippen LogP contribution in [0.3, 0.4) is 0 Å². The van der Waals surface area contributed by atoms with Crippen LogP contribution in [0.25, 0.3) is 5.53 Å². The van der Waals surface area contributed by atoms with Gasteiger partial charge in [0.15, 0.2) is 0 Å². The third-order valence-electron chi connectivity index (χ3n) is 4.59. The van der Waals surface area contributed by atoms with E-state index in [0.29, 0.717) is 12.6 Å². The maximum Gasteiger partial charge on any atom is 0.328 e. The highest BCUT2D eigenvalue weighted by atomic mass is 16.5. The standard InChI is InChI=1S/C18H30N4O5/c1-13(26-2)17(24)22-16(9-8-15(23)12-21-19)18(25)27-11-10-20-14-6-4-3-5-7-14/h12-14,16,20H,3-11H2,1-2H3,(H,22,24)/t13-,16+/m1/s1. The number of ketones is 1. The van der Waals surface area contributed by atoms with Gasteiger partial charge in [0.05, 0.1) is 0 Å². The summed E-state index contributed by atoms with van der Waals surface area (Å²) in [6.45, 7) is 2.28. The molecular formula is C18H30N4O5. The number of Topliss-reactive ketones (excluding diaryl/α,β-unsaturated/α-hetero) is 1. The van der Waals surface area contributed by atoms with E-state index in [2.05, 4.69) is 15.4 Å². The molecule has 1 rings (SSSR count). The number of ether oxygens (including phenoxy) is 2. The quantitative estimate of drug-likeness (QED) is 0.167. The van der Waals surface area contributed by atoms with Crippen molar-refractivity contribution in [2.45, 2.75) is 70.1 Å². The Hall–Kier alpha value is -2.09. The first kappa shape index (κ1) is 23.0. The van der Waals surface area contributed by atoms with E-state index in [1.165, 1.54) is 26.4 Å². The predicted molar refractivity (Wildman–Crippen MR) is 98.2 cm³/mol. The summed E-state index contributed by atoms with van der Waals surface area (Å²) in [6, 6.07) is -0.508. The number of carbonyl (C=O) groups is 3. The second kappa shape index (κ2) is 13.1. The third kappa shape index (κ3) is 9.42. The Bertz CT molecular complexity index is 542. The zero-order valence-electron chi connectivity index (χ0n) is 16.1. The van der Waals surface area contributed by atoms with E-state index in [9.17, 15) is 14.4 Å². The summed E-state index contributed by atoms with van der Waals surface area (Å²) < 4.78 is 10.2. The molecule has 0 aromatic carbocycles. The number of nitrogens with zero attached hydrogens (tertiary/aromatic N) is 2. The van der Waals surface area contributed by atoms with Crippen molar-refractivity contribution in [1.29, 1.82) is 0 Å². The van der Waals surface area contributed by atoms with Crippen molar-refractivity contribution in [3.63, 3.8) is 0 Å². The van der Waals surface area contributed by atoms with Crippen LogP contribution in [0.2, 0.25) is 0 Å². The van der Waals surface area contributed by atoms with Crippen molar-refractivity contribution in [3.05, 3.63) is 5.53 Å². The molecular weight excluding hydrogens is 352 g/mol. The average molecular weight is 382 g/mol. The van der Waals surface area contributed by atoms with Crippen LogP contribution in [-0.2, 0) is 23.9 Å². The molecule has 1 aliphatic rings. The molecule has 2 atom stereocenters. The molecule has 1 aliphatic carbocycles. The topological polar surface area (TPSA) is 130 Å². The molecule has 1 amide bonds. The van der Waals surface area contributed by atoms with Crippen molar-refractivity contribution in [3.8, 4) is 0 Å². The second-order valence-electron chi connectivity index (χ2n) is 6.65. The van der Waals surface area contributed by atoms with Crippen LogP contribution in [0.4, 0.5) is 0 Å². The number of nitrogens with one attached hydrogen (secondary N) is 2. The fourth-order valence-corrected chi connectivity index (χ4v) is 2.88. The lowest BCUT2D eigenvalue weighted by Gasteiger charge is -2.23. The van der Waals surface area contributed by atoms with E-state index in [0.717, 1.165) is 19.1 Å². The van der Waals surface area contributed by atoms with Gasteiger partial charge in [-0.15, -0.1) is 0 Å². The Kier molecular flexibility index (Phi) is 11.2. The van der Waals surface area contributed by atoms with Crippen LogP contribution in [0, 0.1) is 0 Å². The predicted octanol–water partition coefficient (Wildman–Crippen LogP) is 0.622. The first-order valence-electron chi connectivity index (χ1n) is 9.41. The van der Waals surface area contributed by atoms with Crippen molar-refractivity contribution in [2.24, 2.45) is 0 Å². The molecule has 9 heteroatoms. The average Bonchev–Trinajstić information content (AvgIpc) is 2.68. The molecule has 0 unspecified atom stereocenters. The van der Waals surface area contributed by atoms with E-state index in [-0.39, 0.29) is 19.4 Å². The Morgan fingerprint density at radius 3 is 2.59 bits per heavy atom. The van der Waals surface area contributed by atoms with Crippen molar-refractivity contribution < 1.29 is 28.6 Å².